The normalized spacial score (nSPS) is 12.6. The van der Waals surface area contributed by atoms with Crippen molar-refractivity contribution in [1.82, 2.24) is 0 Å². The van der Waals surface area contributed by atoms with E-state index in [9.17, 15) is 0 Å². The van der Waals surface area contributed by atoms with E-state index in [0.717, 1.165) is 55.5 Å². The molecule has 244 valence electrons. The number of aliphatic imine (C=N–C) groups is 2. The highest BCUT2D eigenvalue weighted by molar-refractivity contribution is 6.28. The van der Waals surface area contributed by atoms with Gasteiger partial charge in [0.2, 0.25) is 0 Å². The standard InChI is InChI=1S/C49H32N2O/c1-50-49(51-48(32-14-3-2-4-15-32)35-26-25-31-13-5-6-16-33(31)29-35)42-22-12-24-45-47(42)46-36(21-11-23-44(46)52-45)34-27-28-41-39-19-8-7-17-37(39)38-18-9-10-20-40(38)43(41)30-34/h2-30H,1H3. The third-order valence-corrected chi connectivity index (χ3v) is 10.3. The summed E-state index contributed by atoms with van der Waals surface area (Å²) in [6.45, 7) is 0. The predicted octanol–water partition coefficient (Wildman–Crippen LogP) is 12.8. The second-order valence-electron chi connectivity index (χ2n) is 13.2. The Hall–Kier alpha value is -6.84. The minimum Gasteiger partial charge on any atom is -0.456 e. The van der Waals surface area contributed by atoms with Gasteiger partial charge in [0.1, 0.15) is 11.2 Å². The smallest absolute Gasteiger partial charge is 0.155 e. The van der Waals surface area contributed by atoms with Crippen molar-refractivity contribution in [2.24, 2.45) is 9.98 Å². The molecule has 52 heavy (non-hydrogen) atoms. The van der Waals surface area contributed by atoms with E-state index in [-0.39, 0.29) is 0 Å². The number of nitrogens with zero attached hydrogens (tertiary/aromatic N) is 2. The predicted molar refractivity (Wildman–Crippen MR) is 220 cm³/mol. The van der Waals surface area contributed by atoms with Gasteiger partial charge >= 0.3 is 0 Å². The van der Waals surface area contributed by atoms with Crippen LogP contribution in [0.15, 0.2) is 190 Å². The van der Waals surface area contributed by atoms with Gasteiger partial charge in [-0.25, -0.2) is 4.99 Å². The molecule has 0 spiro atoms. The molecule has 0 aliphatic rings. The van der Waals surface area contributed by atoms with E-state index in [2.05, 4.69) is 158 Å². The van der Waals surface area contributed by atoms with Crippen molar-refractivity contribution in [2.45, 2.75) is 0 Å². The molecule has 0 N–H and O–H groups in total. The molecule has 0 aliphatic carbocycles. The lowest BCUT2D eigenvalue weighted by Gasteiger charge is -2.13. The van der Waals surface area contributed by atoms with Crippen molar-refractivity contribution in [1.29, 1.82) is 0 Å². The van der Waals surface area contributed by atoms with Crippen LogP contribution in [0.25, 0.3) is 76.2 Å². The highest BCUT2D eigenvalue weighted by Crippen LogP contribution is 2.42. The number of rotatable bonds is 4. The molecular formula is C49H32N2O. The van der Waals surface area contributed by atoms with Gasteiger partial charge in [-0.3, -0.25) is 4.99 Å². The van der Waals surface area contributed by atoms with Gasteiger partial charge in [0, 0.05) is 34.5 Å². The second-order valence-corrected chi connectivity index (χ2v) is 13.2. The van der Waals surface area contributed by atoms with Crippen LogP contribution in [0.4, 0.5) is 0 Å². The van der Waals surface area contributed by atoms with E-state index in [1.807, 2.05) is 25.2 Å². The Bertz CT molecular complexity index is 3040. The number of benzene rings is 9. The van der Waals surface area contributed by atoms with Gasteiger partial charge in [0.15, 0.2) is 5.84 Å². The SMILES string of the molecule is CN=C(N=C(c1ccccc1)c1ccc2ccccc2c1)c1cccc2oc3cccc(-c4ccc5c6ccccc6c6ccccc6c5c4)c3c12. The average Bonchev–Trinajstić information content (AvgIpc) is 3.61. The van der Waals surface area contributed by atoms with Crippen LogP contribution in [-0.2, 0) is 0 Å². The van der Waals surface area contributed by atoms with Crippen LogP contribution in [0.2, 0.25) is 0 Å². The Balaban J connectivity index is 1.20. The third kappa shape index (κ3) is 4.82. The number of fused-ring (bicyclic) bond motifs is 10. The number of furan rings is 1. The molecule has 10 rings (SSSR count). The summed E-state index contributed by atoms with van der Waals surface area (Å²) in [4.78, 5) is 10.2. The molecule has 0 fully saturated rings. The zero-order chi connectivity index (χ0) is 34.6. The highest BCUT2D eigenvalue weighted by atomic mass is 16.3. The molecule has 0 saturated carbocycles. The van der Waals surface area contributed by atoms with Gasteiger partial charge in [0.25, 0.3) is 0 Å². The summed E-state index contributed by atoms with van der Waals surface area (Å²) in [5.41, 5.74) is 7.74. The zero-order valence-electron chi connectivity index (χ0n) is 28.5. The minimum atomic E-state index is 0.645. The molecule has 9 aromatic carbocycles. The van der Waals surface area contributed by atoms with Gasteiger partial charge in [-0.05, 0) is 78.5 Å². The lowest BCUT2D eigenvalue weighted by Crippen LogP contribution is -2.09. The van der Waals surface area contributed by atoms with Crippen molar-refractivity contribution in [3.05, 3.63) is 193 Å². The van der Waals surface area contributed by atoms with Crippen LogP contribution in [0.5, 0.6) is 0 Å². The number of hydrogen-bond acceptors (Lipinski definition) is 2. The summed E-state index contributed by atoms with van der Waals surface area (Å²) in [6.07, 6.45) is 0. The highest BCUT2D eigenvalue weighted by Gasteiger charge is 2.20. The van der Waals surface area contributed by atoms with Gasteiger partial charge in [-0.2, -0.15) is 0 Å². The van der Waals surface area contributed by atoms with Crippen LogP contribution in [0, 0.1) is 0 Å². The van der Waals surface area contributed by atoms with Crippen molar-refractivity contribution in [3.8, 4) is 11.1 Å². The molecule has 0 bridgehead atoms. The summed E-state index contributed by atoms with van der Waals surface area (Å²) in [6, 6.07) is 62.2. The van der Waals surface area contributed by atoms with E-state index in [0.29, 0.717) is 5.84 Å². The summed E-state index contributed by atoms with van der Waals surface area (Å²) < 4.78 is 6.58. The third-order valence-electron chi connectivity index (χ3n) is 10.3. The molecule has 1 heterocycles. The van der Waals surface area contributed by atoms with Gasteiger partial charge in [0.05, 0.1) is 5.71 Å². The molecule has 0 atom stereocenters. The summed E-state index contributed by atoms with van der Waals surface area (Å²) >= 11 is 0. The van der Waals surface area contributed by atoms with Crippen LogP contribution >= 0.6 is 0 Å². The molecule has 0 unspecified atom stereocenters. The quantitative estimate of drug-likeness (QED) is 0.105. The van der Waals surface area contributed by atoms with Crippen molar-refractivity contribution >= 4 is 76.6 Å². The van der Waals surface area contributed by atoms with Crippen molar-refractivity contribution < 1.29 is 4.42 Å². The molecule has 10 aromatic rings. The molecule has 3 nitrogen and oxygen atoms in total. The van der Waals surface area contributed by atoms with Gasteiger partial charge in [-0.15, -0.1) is 0 Å². The molecule has 0 aliphatic heterocycles. The van der Waals surface area contributed by atoms with E-state index in [4.69, 9.17) is 14.4 Å². The fourth-order valence-electron chi connectivity index (χ4n) is 7.93. The molecule has 0 amide bonds. The Labute approximate surface area is 300 Å². The Kier molecular flexibility index (Phi) is 7.04. The first-order valence-corrected chi connectivity index (χ1v) is 17.6. The Morgan fingerprint density at radius 2 is 1.06 bits per heavy atom. The van der Waals surface area contributed by atoms with Crippen LogP contribution in [-0.4, -0.2) is 18.6 Å². The van der Waals surface area contributed by atoms with Crippen LogP contribution < -0.4 is 0 Å². The first-order valence-electron chi connectivity index (χ1n) is 17.6. The molecule has 0 radical (unpaired) electrons. The second kappa shape index (κ2) is 12.2. The largest absolute Gasteiger partial charge is 0.456 e. The maximum atomic E-state index is 6.58. The number of hydrogen-bond donors (Lipinski definition) is 0. The van der Waals surface area contributed by atoms with E-state index >= 15 is 0 Å². The first kappa shape index (κ1) is 30.0. The molecular weight excluding hydrogens is 633 g/mol. The Morgan fingerprint density at radius 1 is 0.442 bits per heavy atom. The summed E-state index contributed by atoms with van der Waals surface area (Å²) in [5, 5.41) is 12.0. The average molecular weight is 665 g/mol. The number of amidine groups is 1. The van der Waals surface area contributed by atoms with E-state index in [1.54, 1.807) is 0 Å². The van der Waals surface area contributed by atoms with Crippen molar-refractivity contribution in [3.63, 3.8) is 0 Å². The molecule has 0 saturated heterocycles. The van der Waals surface area contributed by atoms with E-state index < -0.39 is 0 Å². The summed E-state index contributed by atoms with van der Waals surface area (Å²) in [7, 11) is 1.82. The fraction of sp³-hybridized carbons (Fsp3) is 0.0204. The van der Waals surface area contributed by atoms with Crippen LogP contribution in [0.1, 0.15) is 16.7 Å². The minimum absolute atomic E-state index is 0.645. The first-order chi connectivity index (χ1) is 25.7. The van der Waals surface area contributed by atoms with Crippen LogP contribution in [0.3, 0.4) is 0 Å². The van der Waals surface area contributed by atoms with Crippen molar-refractivity contribution in [2.75, 3.05) is 7.05 Å². The maximum Gasteiger partial charge on any atom is 0.155 e. The Morgan fingerprint density at radius 3 is 1.79 bits per heavy atom. The molecule has 1 aromatic heterocycles. The molecule has 3 heteroatoms. The lowest BCUT2D eigenvalue weighted by atomic mass is 9.91. The topological polar surface area (TPSA) is 37.9 Å². The lowest BCUT2D eigenvalue weighted by molar-refractivity contribution is 0.669. The van der Waals surface area contributed by atoms with Gasteiger partial charge in [-0.1, -0.05) is 152 Å². The van der Waals surface area contributed by atoms with E-state index in [1.165, 1.54) is 43.1 Å². The summed E-state index contributed by atoms with van der Waals surface area (Å²) in [5.74, 6) is 0.645. The van der Waals surface area contributed by atoms with Gasteiger partial charge < -0.3 is 4.42 Å². The monoisotopic (exact) mass is 664 g/mol. The fourth-order valence-corrected chi connectivity index (χ4v) is 7.93. The maximum absolute atomic E-state index is 6.58. The zero-order valence-corrected chi connectivity index (χ0v) is 28.5.